The summed E-state index contributed by atoms with van der Waals surface area (Å²) < 4.78 is 38.3. The van der Waals surface area contributed by atoms with Crippen LogP contribution in [0.25, 0.3) is 22.4 Å². The molecule has 1 atom stereocenters. The molecule has 5 nitrogen and oxygen atoms in total. The van der Waals surface area contributed by atoms with Crippen LogP contribution in [0.3, 0.4) is 0 Å². The van der Waals surface area contributed by atoms with Crippen LogP contribution < -0.4 is 0 Å². The minimum absolute atomic E-state index is 0.517. The van der Waals surface area contributed by atoms with E-state index in [4.69, 9.17) is 5.11 Å². The monoisotopic (exact) mass is 334 g/mol. The van der Waals surface area contributed by atoms with E-state index in [0.717, 1.165) is 21.4 Å². The zero-order valence-corrected chi connectivity index (χ0v) is 12.4. The van der Waals surface area contributed by atoms with Gasteiger partial charge in [-0.2, -0.15) is 18.3 Å². The van der Waals surface area contributed by atoms with Gasteiger partial charge in [-0.1, -0.05) is 18.2 Å². The average Bonchev–Trinajstić information content (AvgIpc) is 3.03. The maximum atomic E-state index is 12.4. The van der Waals surface area contributed by atoms with Crippen LogP contribution in [0.5, 0.6) is 0 Å². The zero-order valence-electron chi connectivity index (χ0n) is 12.4. The van der Waals surface area contributed by atoms with Gasteiger partial charge in [-0.05, 0) is 17.7 Å². The summed E-state index contributed by atoms with van der Waals surface area (Å²) in [6.07, 6.45) is -0.935. The fourth-order valence-electron chi connectivity index (χ4n) is 2.20. The molecule has 1 N–H and O–H groups in total. The fourth-order valence-corrected chi connectivity index (χ4v) is 2.20. The van der Waals surface area contributed by atoms with Crippen molar-refractivity contribution in [3.63, 3.8) is 0 Å². The van der Waals surface area contributed by atoms with Crippen LogP contribution in [-0.4, -0.2) is 37.1 Å². The van der Waals surface area contributed by atoms with Gasteiger partial charge >= 0.3 is 6.18 Å². The first-order valence-electron chi connectivity index (χ1n) is 7.07. The molecule has 2 heterocycles. The summed E-state index contributed by atoms with van der Waals surface area (Å²) in [5.41, 5.74) is 2.96. The second kappa shape index (κ2) is 6.40. The zero-order chi connectivity index (χ0) is 17.2. The topological polar surface area (TPSA) is 63.8 Å². The Morgan fingerprint density at radius 1 is 1.04 bits per heavy atom. The van der Waals surface area contributed by atoms with E-state index >= 15 is 0 Å². The number of alkyl halides is 3. The summed E-state index contributed by atoms with van der Waals surface area (Å²) in [5.74, 6) is 0. The summed E-state index contributed by atoms with van der Waals surface area (Å²) in [5, 5.41) is 13.2. The highest BCUT2D eigenvalue weighted by atomic mass is 19.4. The van der Waals surface area contributed by atoms with Crippen molar-refractivity contribution in [1.29, 1.82) is 0 Å². The van der Waals surface area contributed by atoms with E-state index in [-0.39, 0.29) is 0 Å². The highest BCUT2D eigenvalue weighted by Crippen LogP contribution is 2.25. The van der Waals surface area contributed by atoms with E-state index in [0.29, 0.717) is 5.69 Å². The number of hydrogen-bond donors (Lipinski definition) is 1. The Balaban J connectivity index is 1.83. The van der Waals surface area contributed by atoms with Crippen molar-refractivity contribution in [2.24, 2.45) is 0 Å². The van der Waals surface area contributed by atoms with Crippen molar-refractivity contribution in [1.82, 2.24) is 19.7 Å². The van der Waals surface area contributed by atoms with Gasteiger partial charge in [-0.15, -0.1) is 0 Å². The lowest BCUT2D eigenvalue weighted by Gasteiger charge is -2.14. The van der Waals surface area contributed by atoms with Crippen molar-refractivity contribution in [3.8, 4) is 22.4 Å². The number of aliphatic hydroxyl groups excluding tert-OH is 1. The number of benzene rings is 1. The minimum Gasteiger partial charge on any atom is -0.382 e. The average molecular weight is 334 g/mol. The second-order valence-corrected chi connectivity index (χ2v) is 5.19. The first kappa shape index (κ1) is 16.1. The maximum absolute atomic E-state index is 12.4. The third-order valence-corrected chi connectivity index (χ3v) is 3.43. The molecule has 2 aromatic heterocycles. The van der Waals surface area contributed by atoms with E-state index < -0.39 is 18.8 Å². The van der Waals surface area contributed by atoms with E-state index in [1.807, 2.05) is 18.2 Å². The standard InChI is InChI=1S/C16H13F3N4O/c17-16(18,19)15(24)9-23-5-4-14(22-23)12-3-1-2-11(6-12)13-7-20-10-21-8-13/h1-8,10,15,24H,9H2. The quantitative estimate of drug-likeness (QED) is 0.797. The maximum Gasteiger partial charge on any atom is 0.416 e. The Morgan fingerprint density at radius 2 is 1.75 bits per heavy atom. The molecule has 3 aromatic rings. The van der Waals surface area contributed by atoms with Gasteiger partial charge in [0.25, 0.3) is 0 Å². The molecule has 124 valence electrons. The van der Waals surface area contributed by atoms with Crippen LogP contribution in [0.4, 0.5) is 13.2 Å². The Morgan fingerprint density at radius 3 is 2.46 bits per heavy atom. The molecule has 1 unspecified atom stereocenters. The molecule has 8 heteroatoms. The predicted octanol–water partition coefficient (Wildman–Crippen LogP) is 2.93. The first-order valence-corrected chi connectivity index (χ1v) is 7.07. The van der Waals surface area contributed by atoms with Gasteiger partial charge in [-0.25, -0.2) is 9.97 Å². The van der Waals surface area contributed by atoms with E-state index in [2.05, 4.69) is 15.1 Å². The summed E-state index contributed by atoms with van der Waals surface area (Å²) in [4.78, 5) is 7.92. The Hall–Kier alpha value is -2.74. The molecule has 1 aromatic carbocycles. The highest BCUT2D eigenvalue weighted by molar-refractivity contribution is 5.70. The molecule has 0 aliphatic carbocycles. The smallest absolute Gasteiger partial charge is 0.382 e. The van der Waals surface area contributed by atoms with Crippen LogP contribution in [0, 0.1) is 0 Å². The number of nitrogens with zero attached hydrogens (tertiary/aromatic N) is 4. The summed E-state index contributed by atoms with van der Waals surface area (Å²) in [7, 11) is 0. The highest BCUT2D eigenvalue weighted by Gasteiger charge is 2.38. The lowest BCUT2D eigenvalue weighted by Crippen LogP contribution is -2.32. The van der Waals surface area contributed by atoms with Gasteiger partial charge in [0, 0.05) is 29.7 Å². The molecule has 0 amide bonds. The molecule has 0 aliphatic heterocycles. The molecule has 0 bridgehead atoms. The van der Waals surface area contributed by atoms with Crippen LogP contribution in [0.2, 0.25) is 0 Å². The van der Waals surface area contributed by atoms with Crippen molar-refractivity contribution in [3.05, 3.63) is 55.2 Å². The summed E-state index contributed by atoms with van der Waals surface area (Å²) in [6.45, 7) is -0.643. The van der Waals surface area contributed by atoms with Crippen molar-refractivity contribution in [2.75, 3.05) is 0 Å². The Bertz CT molecular complexity index is 817. The molecular weight excluding hydrogens is 321 g/mol. The summed E-state index contributed by atoms with van der Waals surface area (Å²) in [6, 6.07) is 8.96. The summed E-state index contributed by atoms with van der Waals surface area (Å²) >= 11 is 0. The molecule has 0 aliphatic rings. The van der Waals surface area contributed by atoms with Crippen molar-refractivity contribution >= 4 is 0 Å². The Kier molecular flexibility index (Phi) is 4.30. The van der Waals surface area contributed by atoms with E-state index in [1.54, 1.807) is 24.5 Å². The lowest BCUT2D eigenvalue weighted by molar-refractivity contribution is -0.208. The minimum atomic E-state index is -4.67. The molecular formula is C16H13F3N4O. The molecule has 0 saturated heterocycles. The van der Waals surface area contributed by atoms with Crippen LogP contribution in [-0.2, 0) is 6.54 Å². The van der Waals surface area contributed by atoms with Crippen molar-refractivity contribution in [2.45, 2.75) is 18.8 Å². The van der Waals surface area contributed by atoms with Crippen LogP contribution >= 0.6 is 0 Å². The third kappa shape index (κ3) is 3.60. The van der Waals surface area contributed by atoms with Gasteiger partial charge in [-0.3, -0.25) is 4.68 Å². The van der Waals surface area contributed by atoms with Gasteiger partial charge in [0.05, 0.1) is 12.2 Å². The fraction of sp³-hybridized carbons (Fsp3) is 0.188. The number of aromatic nitrogens is 4. The number of aliphatic hydroxyl groups is 1. The first-order chi connectivity index (χ1) is 11.4. The Labute approximate surface area is 135 Å². The molecule has 0 fully saturated rings. The number of halogens is 3. The van der Waals surface area contributed by atoms with Crippen LogP contribution in [0.1, 0.15) is 0 Å². The predicted molar refractivity (Wildman–Crippen MR) is 80.8 cm³/mol. The van der Waals surface area contributed by atoms with Gasteiger partial charge < -0.3 is 5.11 Å². The molecule has 24 heavy (non-hydrogen) atoms. The van der Waals surface area contributed by atoms with Gasteiger partial charge in [0.2, 0.25) is 0 Å². The van der Waals surface area contributed by atoms with E-state index in [1.165, 1.54) is 12.5 Å². The number of rotatable bonds is 4. The molecule has 0 saturated carbocycles. The second-order valence-electron chi connectivity index (χ2n) is 5.19. The van der Waals surface area contributed by atoms with Gasteiger partial charge in [0.1, 0.15) is 6.33 Å². The SMILES string of the molecule is OC(Cn1ccc(-c2cccc(-c3cncnc3)c2)n1)C(F)(F)F. The third-order valence-electron chi connectivity index (χ3n) is 3.43. The normalized spacial score (nSPS) is 13.0. The van der Waals surface area contributed by atoms with Crippen LogP contribution in [0.15, 0.2) is 55.2 Å². The molecule has 0 radical (unpaired) electrons. The lowest BCUT2D eigenvalue weighted by atomic mass is 10.0. The van der Waals surface area contributed by atoms with E-state index in [9.17, 15) is 13.2 Å². The van der Waals surface area contributed by atoms with Gasteiger partial charge in [0.15, 0.2) is 6.10 Å². The molecule has 3 rings (SSSR count). The largest absolute Gasteiger partial charge is 0.416 e. The number of hydrogen-bond acceptors (Lipinski definition) is 4. The van der Waals surface area contributed by atoms with Crippen molar-refractivity contribution < 1.29 is 18.3 Å². The molecule has 0 spiro atoms.